The molecule has 0 spiro atoms. The molecule has 2 saturated carbocycles. The van der Waals surface area contributed by atoms with E-state index in [9.17, 15) is 0 Å². The molecule has 64 valence electrons. The van der Waals surface area contributed by atoms with Crippen molar-refractivity contribution in [1.29, 1.82) is 0 Å². The van der Waals surface area contributed by atoms with Gasteiger partial charge < -0.3 is 4.90 Å². The van der Waals surface area contributed by atoms with Crippen LogP contribution in [-0.4, -0.2) is 25.0 Å². The maximum atomic E-state index is 2.40. The number of nitrogens with zero attached hydrogens (tertiary/aromatic N) is 1. The van der Waals surface area contributed by atoms with Gasteiger partial charge in [-0.05, 0) is 51.1 Å². The standard InChI is InChI=1S/C10H19N/c1-7-4-8(5-7)9-6-10(9)11(2)3/h7-10H,4-6H2,1-3H3. The van der Waals surface area contributed by atoms with Gasteiger partial charge in [0.2, 0.25) is 0 Å². The summed E-state index contributed by atoms with van der Waals surface area (Å²) >= 11 is 0. The molecule has 0 heterocycles. The van der Waals surface area contributed by atoms with E-state index in [1.807, 2.05) is 0 Å². The molecule has 1 nitrogen and oxygen atoms in total. The molecule has 2 aliphatic rings. The third-order valence-corrected chi connectivity index (χ3v) is 3.48. The first-order valence-electron chi connectivity index (χ1n) is 4.85. The van der Waals surface area contributed by atoms with E-state index in [0.29, 0.717) is 0 Å². The lowest BCUT2D eigenvalue weighted by Crippen LogP contribution is -2.27. The van der Waals surface area contributed by atoms with Crippen molar-refractivity contribution in [3.8, 4) is 0 Å². The van der Waals surface area contributed by atoms with Crippen LogP contribution >= 0.6 is 0 Å². The van der Waals surface area contributed by atoms with Crippen LogP contribution in [0.2, 0.25) is 0 Å². The molecule has 0 aromatic carbocycles. The molecular formula is C10H19N. The summed E-state index contributed by atoms with van der Waals surface area (Å²) in [5.41, 5.74) is 0. The first-order valence-corrected chi connectivity index (χ1v) is 4.85. The maximum Gasteiger partial charge on any atom is 0.0124 e. The summed E-state index contributed by atoms with van der Waals surface area (Å²) in [7, 11) is 4.43. The number of hydrogen-bond acceptors (Lipinski definition) is 1. The Morgan fingerprint density at radius 2 is 1.73 bits per heavy atom. The van der Waals surface area contributed by atoms with Crippen LogP contribution in [0.25, 0.3) is 0 Å². The molecule has 0 aromatic heterocycles. The van der Waals surface area contributed by atoms with Crippen molar-refractivity contribution in [3.05, 3.63) is 0 Å². The Labute approximate surface area is 69.8 Å². The first kappa shape index (κ1) is 7.60. The molecule has 1 heteroatoms. The summed E-state index contributed by atoms with van der Waals surface area (Å²) in [6, 6.07) is 0.937. The summed E-state index contributed by atoms with van der Waals surface area (Å²) in [5.74, 6) is 3.20. The zero-order valence-electron chi connectivity index (χ0n) is 7.88. The summed E-state index contributed by atoms with van der Waals surface area (Å²) in [6.07, 6.45) is 4.49. The lowest BCUT2D eigenvalue weighted by molar-refractivity contribution is 0.169. The van der Waals surface area contributed by atoms with Gasteiger partial charge in [-0.2, -0.15) is 0 Å². The van der Waals surface area contributed by atoms with Crippen molar-refractivity contribution >= 4 is 0 Å². The summed E-state index contributed by atoms with van der Waals surface area (Å²) in [6.45, 7) is 2.38. The van der Waals surface area contributed by atoms with E-state index in [-0.39, 0.29) is 0 Å². The van der Waals surface area contributed by atoms with E-state index in [1.54, 1.807) is 0 Å². The molecule has 0 bridgehead atoms. The summed E-state index contributed by atoms with van der Waals surface area (Å²) in [5, 5.41) is 0. The van der Waals surface area contributed by atoms with Crippen LogP contribution in [0.5, 0.6) is 0 Å². The monoisotopic (exact) mass is 153 g/mol. The molecule has 0 saturated heterocycles. The van der Waals surface area contributed by atoms with Crippen molar-refractivity contribution in [3.63, 3.8) is 0 Å². The molecule has 0 N–H and O–H groups in total. The molecular weight excluding hydrogens is 134 g/mol. The van der Waals surface area contributed by atoms with E-state index in [1.165, 1.54) is 19.3 Å². The van der Waals surface area contributed by atoms with Crippen molar-refractivity contribution in [1.82, 2.24) is 4.90 Å². The largest absolute Gasteiger partial charge is 0.306 e. The zero-order chi connectivity index (χ0) is 8.01. The Kier molecular flexibility index (Phi) is 1.71. The van der Waals surface area contributed by atoms with Crippen LogP contribution in [0.4, 0.5) is 0 Å². The van der Waals surface area contributed by atoms with Gasteiger partial charge in [-0.1, -0.05) is 6.92 Å². The Balaban J connectivity index is 1.75. The van der Waals surface area contributed by atoms with Gasteiger partial charge in [-0.15, -0.1) is 0 Å². The van der Waals surface area contributed by atoms with Crippen LogP contribution in [0.15, 0.2) is 0 Å². The highest BCUT2D eigenvalue weighted by molar-refractivity contribution is 5.00. The summed E-state index contributed by atoms with van der Waals surface area (Å²) in [4.78, 5) is 2.40. The zero-order valence-corrected chi connectivity index (χ0v) is 7.88. The van der Waals surface area contributed by atoms with Gasteiger partial charge in [0.1, 0.15) is 0 Å². The van der Waals surface area contributed by atoms with Crippen molar-refractivity contribution in [2.45, 2.75) is 32.2 Å². The SMILES string of the molecule is CC1CC(C2CC2N(C)C)C1. The fourth-order valence-corrected chi connectivity index (χ4v) is 2.61. The average molecular weight is 153 g/mol. The van der Waals surface area contributed by atoms with Crippen LogP contribution in [0, 0.1) is 17.8 Å². The maximum absolute atomic E-state index is 2.40. The normalized spacial score (nSPS) is 49.1. The third-order valence-electron chi connectivity index (χ3n) is 3.48. The minimum atomic E-state index is 0.937. The Bertz CT molecular complexity index is 147. The molecule has 0 aromatic rings. The molecule has 2 atom stereocenters. The minimum Gasteiger partial charge on any atom is -0.306 e. The fraction of sp³-hybridized carbons (Fsp3) is 1.00. The van der Waals surface area contributed by atoms with Crippen LogP contribution in [0.1, 0.15) is 26.2 Å². The second kappa shape index (κ2) is 2.48. The predicted octanol–water partition coefficient (Wildman–Crippen LogP) is 1.98. The second-order valence-corrected chi connectivity index (χ2v) is 4.77. The van der Waals surface area contributed by atoms with Crippen molar-refractivity contribution in [2.75, 3.05) is 14.1 Å². The van der Waals surface area contributed by atoms with Gasteiger partial charge in [-0.25, -0.2) is 0 Å². The minimum absolute atomic E-state index is 0.937. The molecule has 2 rings (SSSR count). The highest BCUT2D eigenvalue weighted by Crippen LogP contribution is 2.50. The van der Waals surface area contributed by atoms with Gasteiger partial charge >= 0.3 is 0 Å². The van der Waals surface area contributed by atoms with Gasteiger partial charge in [0, 0.05) is 6.04 Å². The van der Waals surface area contributed by atoms with E-state index >= 15 is 0 Å². The fourth-order valence-electron chi connectivity index (χ4n) is 2.61. The number of hydrogen-bond donors (Lipinski definition) is 0. The van der Waals surface area contributed by atoms with E-state index in [4.69, 9.17) is 0 Å². The highest BCUT2D eigenvalue weighted by atomic mass is 15.1. The van der Waals surface area contributed by atoms with Gasteiger partial charge in [0.05, 0.1) is 0 Å². The van der Waals surface area contributed by atoms with Gasteiger partial charge in [-0.3, -0.25) is 0 Å². The quantitative estimate of drug-likeness (QED) is 0.586. The lowest BCUT2D eigenvalue weighted by atomic mass is 9.73. The second-order valence-electron chi connectivity index (χ2n) is 4.77. The highest BCUT2D eigenvalue weighted by Gasteiger charge is 2.47. The average Bonchev–Trinajstić information content (AvgIpc) is 2.58. The van der Waals surface area contributed by atoms with Crippen LogP contribution in [0.3, 0.4) is 0 Å². The molecule has 0 aliphatic heterocycles. The number of rotatable bonds is 2. The van der Waals surface area contributed by atoms with E-state index in [2.05, 4.69) is 25.9 Å². The Morgan fingerprint density at radius 1 is 1.09 bits per heavy atom. The van der Waals surface area contributed by atoms with Crippen molar-refractivity contribution in [2.24, 2.45) is 17.8 Å². The molecule has 2 fully saturated rings. The van der Waals surface area contributed by atoms with Crippen LogP contribution < -0.4 is 0 Å². The predicted molar refractivity (Wildman–Crippen MR) is 47.5 cm³/mol. The van der Waals surface area contributed by atoms with E-state index < -0.39 is 0 Å². The molecule has 0 amide bonds. The smallest absolute Gasteiger partial charge is 0.0124 e. The third kappa shape index (κ3) is 1.31. The van der Waals surface area contributed by atoms with Crippen molar-refractivity contribution < 1.29 is 0 Å². The molecule has 2 aliphatic carbocycles. The van der Waals surface area contributed by atoms with E-state index in [0.717, 1.165) is 23.8 Å². The molecule has 0 radical (unpaired) electrons. The molecule has 11 heavy (non-hydrogen) atoms. The lowest BCUT2D eigenvalue weighted by Gasteiger charge is -2.33. The first-order chi connectivity index (χ1) is 5.18. The van der Waals surface area contributed by atoms with Gasteiger partial charge in [0.25, 0.3) is 0 Å². The topological polar surface area (TPSA) is 3.24 Å². The van der Waals surface area contributed by atoms with Crippen LogP contribution in [-0.2, 0) is 0 Å². The Hall–Kier alpha value is -0.0400. The summed E-state index contributed by atoms with van der Waals surface area (Å²) < 4.78 is 0. The molecule has 2 unspecified atom stereocenters. The Morgan fingerprint density at radius 3 is 2.09 bits per heavy atom. The van der Waals surface area contributed by atoms with Gasteiger partial charge in [0.15, 0.2) is 0 Å².